The SMILES string of the molecule is CC(Br)Sc1cccs1. The smallest absolute Gasteiger partial charge is 0.0627 e. The summed E-state index contributed by atoms with van der Waals surface area (Å²) in [5, 5.41) is 2.09. The third kappa shape index (κ3) is 2.74. The van der Waals surface area contributed by atoms with Crippen molar-refractivity contribution in [2.75, 3.05) is 0 Å². The summed E-state index contributed by atoms with van der Waals surface area (Å²) in [4.78, 5) is 0. The molecule has 0 aliphatic carbocycles. The first-order valence-electron chi connectivity index (χ1n) is 2.63. The highest BCUT2D eigenvalue weighted by molar-refractivity contribution is 9.11. The number of alkyl halides is 1. The number of thiophene rings is 1. The molecule has 1 atom stereocenters. The standard InChI is InChI=1S/C6H7BrS2/c1-5(7)9-6-3-2-4-8-6/h2-5H,1H3. The molecule has 0 spiro atoms. The predicted molar refractivity (Wildman–Crippen MR) is 48.6 cm³/mol. The summed E-state index contributed by atoms with van der Waals surface area (Å²) < 4.78 is 1.90. The average Bonchev–Trinajstić information content (AvgIpc) is 2.15. The van der Waals surface area contributed by atoms with E-state index in [9.17, 15) is 0 Å². The molecule has 0 saturated heterocycles. The van der Waals surface area contributed by atoms with Crippen LogP contribution in [0.25, 0.3) is 0 Å². The Morgan fingerprint density at radius 3 is 3.00 bits per heavy atom. The molecule has 0 fully saturated rings. The number of hydrogen-bond acceptors (Lipinski definition) is 2. The number of hydrogen-bond donors (Lipinski definition) is 0. The number of halogens is 1. The van der Waals surface area contributed by atoms with Crippen LogP contribution in [-0.2, 0) is 0 Å². The fourth-order valence-corrected chi connectivity index (χ4v) is 3.21. The molecule has 0 N–H and O–H groups in total. The lowest BCUT2D eigenvalue weighted by molar-refractivity contribution is 1.44. The number of rotatable bonds is 2. The first kappa shape index (κ1) is 7.63. The van der Waals surface area contributed by atoms with Crippen LogP contribution in [0.5, 0.6) is 0 Å². The maximum absolute atomic E-state index is 3.47. The van der Waals surface area contributed by atoms with E-state index >= 15 is 0 Å². The monoisotopic (exact) mass is 222 g/mol. The van der Waals surface area contributed by atoms with Gasteiger partial charge < -0.3 is 0 Å². The molecule has 1 unspecified atom stereocenters. The van der Waals surface area contributed by atoms with Gasteiger partial charge >= 0.3 is 0 Å². The van der Waals surface area contributed by atoms with Gasteiger partial charge in [-0.3, -0.25) is 0 Å². The van der Waals surface area contributed by atoms with Crippen LogP contribution in [0.15, 0.2) is 21.7 Å². The molecule has 1 heterocycles. The summed E-state index contributed by atoms with van der Waals surface area (Å²) in [5.41, 5.74) is 0. The summed E-state index contributed by atoms with van der Waals surface area (Å²) in [6.07, 6.45) is 0. The van der Waals surface area contributed by atoms with Gasteiger partial charge in [0.25, 0.3) is 0 Å². The van der Waals surface area contributed by atoms with E-state index < -0.39 is 0 Å². The molecule has 0 bridgehead atoms. The minimum Gasteiger partial charge on any atom is -0.137 e. The second-order valence-electron chi connectivity index (χ2n) is 1.59. The summed E-state index contributed by atoms with van der Waals surface area (Å²) in [6.45, 7) is 2.13. The summed E-state index contributed by atoms with van der Waals surface area (Å²) in [7, 11) is 0. The second kappa shape index (κ2) is 3.64. The molecule has 0 aliphatic heterocycles. The van der Waals surface area contributed by atoms with Crippen LogP contribution in [0.2, 0.25) is 0 Å². The van der Waals surface area contributed by atoms with Crippen LogP contribution in [-0.4, -0.2) is 4.16 Å². The normalized spacial score (nSPS) is 13.6. The molecule has 1 aromatic rings. The van der Waals surface area contributed by atoms with Crippen LogP contribution < -0.4 is 0 Å². The summed E-state index contributed by atoms with van der Waals surface area (Å²) in [5.74, 6) is 0. The van der Waals surface area contributed by atoms with Gasteiger partial charge in [0.15, 0.2) is 0 Å². The van der Waals surface area contributed by atoms with E-state index in [1.54, 1.807) is 11.3 Å². The highest BCUT2D eigenvalue weighted by Crippen LogP contribution is 2.29. The fraction of sp³-hybridized carbons (Fsp3) is 0.333. The molecule has 0 amide bonds. The zero-order valence-corrected chi connectivity index (χ0v) is 8.22. The fourth-order valence-electron chi connectivity index (χ4n) is 0.491. The summed E-state index contributed by atoms with van der Waals surface area (Å²) >= 11 is 7.09. The summed E-state index contributed by atoms with van der Waals surface area (Å²) in [6, 6.07) is 4.20. The highest BCUT2D eigenvalue weighted by Gasteiger charge is 1.97. The predicted octanol–water partition coefficient (Wildman–Crippen LogP) is 3.58. The molecule has 0 saturated carbocycles. The Bertz CT molecular complexity index is 158. The lowest BCUT2D eigenvalue weighted by atomic mass is 10.7. The lowest BCUT2D eigenvalue weighted by Gasteiger charge is -1.96. The average molecular weight is 223 g/mol. The Morgan fingerprint density at radius 2 is 2.56 bits per heavy atom. The molecule has 3 heteroatoms. The van der Waals surface area contributed by atoms with E-state index in [1.807, 2.05) is 11.8 Å². The van der Waals surface area contributed by atoms with Gasteiger partial charge in [-0.05, 0) is 18.4 Å². The second-order valence-corrected chi connectivity index (χ2v) is 6.16. The lowest BCUT2D eigenvalue weighted by Crippen LogP contribution is -1.75. The zero-order valence-electron chi connectivity index (χ0n) is 5.00. The zero-order chi connectivity index (χ0) is 6.69. The Morgan fingerprint density at radius 1 is 1.78 bits per heavy atom. The van der Waals surface area contributed by atoms with Crippen LogP contribution in [0.3, 0.4) is 0 Å². The van der Waals surface area contributed by atoms with Crippen molar-refractivity contribution in [1.82, 2.24) is 0 Å². The van der Waals surface area contributed by atoms with Crippen molar-refractivity contribution in [3.63, 3.8) is 0 Å². The minimum absolute atomic E-state index is 0.524. The quantitative estimate of drug-likeness (QED) is 0.545. The molecule has 1 aromatic heterocycles. The Hall–Kier alpha value is 0.530. The third-order valence-corrected chi connectivity index (χ3v) is 3.27. The van der Waals surface area contributed by atoms with E-state index in [0.717, 1.165) is 0 Å². The van der Waals surface area contributed by atoms with Gasteiger partial charge in [0.1, 0.15) is 0 Å². The van der Waals surface area contributed by atoms with Crippen LogP contribution >= 0.6 is 39.0 Å². The van der Waals surface area contributed by atoms with Crippen LogP contribution in [0, 0.1) is 0 Å². The van der Waals surface area contributed by atoms with Gasteiger partial charge in [-0.1, -0.05) is 22.0 Å². The Balaban J connectivity index is 2.48. The molecule has 50 valence electrons. The maximum atomic E-state index is 3.47. The van der Waals surface area contributed by atoms with Crippen LogP contribution in [0.4, 0.5) is 0 Å². The van der Waals surface area contributed by atoms with E-state index in [4.69, 9.17) is 0 Å². The van der Waals surface area contributed by atoms with Gasteiger partial charge in [-0.15, -0.1) is 23.1 Å². The van der Waals surface area contributed by atoms with Gasteiger partial charge in [0.2, 0.25) is 0 Å². The van der Waals surface area contributed by atoms with E-state index in [-0.39, 0.29) is 0 Å². The minimum atomic E-state index is 0.524. The van der Waals surface area contributed by atoms with Crippen molar-refractivity contribution < 1.29 is 0 Å². The van der Waals surface area contributed by atoms with Crippen molar-refractivity contribution >= 4 is 39.0 Å². The van der Waals surface area contributed by atoms with Gasteiger partial charge in [-0.25, -0.2) is 0 Å². The molecular weight excluding hydrogens is 216 g/mol. The molecular formula is C6H7BrS2. The maximum Gasteiger partial charge on any atom is 0.0627 e. The molecule has 1 rings (SSSR count). The molecule has 9 heavy (non-hydrogen) atoms. The van der Waals surface area contributed by atoms with Gasteiger partial charge in [-0.2, -0.15) is 0 Å². The van der Waals surface area contributed by atoms with E-state index in [0.29, 0.717) is 4.16 Å². The van der Waals surface area contributed by atoms with Gasteiger partial charge in [0, 0.05) is 0 Å². The third-order valence-electron chi connectivity index (χ3n) is 0.774. The molecule has 0 radical (unpaired) electrons. The Kier molecular flexibility index (Phi) is 3.09. The van der Waals surface area contributed by atoms with Crippen molar-refractivity contribution in [1.29, 1.82) is 0 Å². The topological polar surface area (TPSA) is 0 Å². The first-order chi connectivity index (χ1) is 4.29. The first-order valence-corrected chi connectivity index (χ1v) is 5.31. The highest BCUT2D eigenvalue weighted by atomic mass is 79.9. The van der Waals surface area contributed by atoms with Crippen molar-refractivity contribution in [3.05, 3.63) is 17.5 Å². The van der Waals surface area contributed by atoms with E-state index in [1.165, 1.54) is 4.21 Å². The largest absolute Gasteiger partial charge is 0.137 e. The van der Waals surface area contributed by atoms with Crippen LogP contribution in [0.1, 0.15) is 6.92 Å². The number of thioether (sulfide) groups is 1. The molecule has 0 aromatic carbocycles. The Labute approximate surface area is 71.8 Å². The van der Waals surface area contributed by atoms with Gasteiger partial charge in [0.05, 0.1) is 8.37 Å². The van der Waals surface area contributed by atoms with E-state index in [2.05, 4.69) is 40.4 Å². The molecule has 0 aliphatic rings. The van der Waals surface area contributed by atoms with Crippen molar-refractivity contribution in [2.45, 2.75) is 15.3 Å². The van der Waals surface area contributed by atoms with Crippen molar-refractivity contribution in [3.8, 4) is 0 Å². The van der Waals surface area contributed by atoms with Crippen molar-refractivity contribution in [2.24, 2.45) is 0 Å². The molecule has 0 nitrogen and oxygen atoms in total.